The largest absolute Gasteiger partial charge is 0.342 e. The molecule has 2 aliphatic rings. The molecular weight excluding hydrogens is 308 g/mol. The summed E-state index contributed by atoms with van der Waals surface area (Å²) in [6.07, 6.45) is 6.31. The standard InChI is InChI=1S/C19H28N2O.ClH/c1-14(20)18-7-4-10-21(13-18)19(22)12-15-8-9-16-5-2-3-6-17(16)11-15;/h2-3,5-6,14-15,18H,4,7-13,20H2,1H3;1H. The number of carbonyl (C=O) groups excluding carboxylic acids is 1. The number of nitrogens with zero attached hydrogens (tertiary/aromatic N) is 1. The van der Waals surface area contributed by atoms with Gasteiger partial charge in [0.05, 0.1) is 0 Å². The summed E-state index contributed by atoms with van der Waals surface area (Å²) in [4.78, 5) is 14.7. The number of hydrogen-bond acceptors (Lipinski definition) is 2. The van der Waals surface area contributed by atoms with Gasteiger partial charge in [-0.1, -0.05) is 24.3 Å². The number of fused-ring (bicyclic) bond motifs is 1. The molecule has 3 unspecified atom stereocenters. The minimum absolute atomic E-state index is 0. The monoisotopic (exact) mass is 336 g/mol. The number of carbonyl (C=O) groups is 1. The second-order valence-electron chi connectivity index (χ2n) is 7.18. The molecule has 3 atom stereocenters. The molecular formula is C19H29ClN2O. The zero-order valence-corrected chi connectivity index (χ0v) is 14.9. The van der Waals surface area contributed by atoms with Crippen LogP contribution in [0.15, 0.2) is 24.3 Å². The highest BCUT2D eigenvalue weighted by Gasteiger charge is 2.28. The molecule has 23 heavy (non-hydrogen) atoms. The van der Waals surface area contributed by atoms with Crippen molar-refractivity contribution in [3.8, 4) is 0 Å². The summed E-state index contributed by atoms with van der Waals surface area (Å²) in [7, 11) is 0. The van der Waals surface area contributed by atoms with Crippen molar-refractivity contribution in [2.24, 2.45) is 17.6 Å². The first-order valence-corrected chi connectivity index (χ1v) is 8.73. The van der Waals surface area contributed by atoms with Crippen LogP contribution in [0, 0.1) is 11.8 Å². The smallest absolute Gasteiger partial charge is 0.222 e. The van der Waals surface area contributed by atoms with Gasteiger partial charge in [-0.25, -0.2) is 0 Å². The number of amides is 1. The van der Waals surface area contributed by atoms with Crippen LogP contribution in [0.5, 0.6) is 0 Å². The van der Waals surface area contributed by atoms with Crippen LogP contribution in [0.3, 0.4) is 0 Å². The summed E-state index contributed by atoms with van der Waals surface area (Å²) in [5.74, 6) is 1.33. The third-order valence-corrected chi connectivity index (χ3v) is 5.47. The van der Waals surface area contributed by atoms with Crippen LogP contribution in [0.25, 0.3) is 0 Å². The van der Waals surface area contributed by atoms with Crippen molar-refractivity contribution in [3.05, 3.63) is 35.4 Å². The van der Waals surface area contributed by atoms with E-state index in [1.54, 1.807) is 0 Å². The van der Waals surface area contributed by atoms with Gasteiger partial charge < -0.3 is 10.6 Å². The van der Waals surface area contributed by atoms with Gasteiger partial charge in [-0.2, -0.15) is 0 Å². The number of aryl methyl sites for hydroxylation is 1. The van der Waals surface area contributed by atoms with Gasteiger partial charge in [-0.15, -0.1) is 12.4 Å². The second kappa shape index (κ2) is 8.16. The van der Waals surface area contributed by atoms with Crippen LogP contribution < -0.4 is 5.73 Å². The lowest BCUT2D eigenvalue weighted by Gasteiger charge is -2.36. The molecule has 1 aromatic carbocycles. The van der Waals surface area contributed by atoms with E-state index in [1.165, 1.54) is 11.1 Å². The molecule has 4 heteroatoms. The molecule has 0 saturated carbocycles. The van der Waals surface area contributed by atoms with Gasteiger partial charge in [-0.3, -0.25) is 4.79 Å². The molecule has 1 amide bonds. The molecule has 1 heterocycles. The number of halogens is 1. The Hall–Kier alpha value is -1.06. The van der Waals surface area contributed by atoms with Crippen molar-refractivity contribution < 1.29 is 4.79 Å². The Morgan fingerprint density at radius 1 is 1.30 bits per heavy atom. The van der Waals surface area contributed by atoms with Crippen LogP contribution in [0.1, 0.15) is 43.7 Å². The minimum atomic E-state index is 0. The molecule has 1 fully saturated rings. The Kier molecular flexibility index (Phi) is 6.49. The number of nitrogens with two attached hydrogens (primary N) is 1. The van der Waals surface area contributed by atoms with E-state index in [1.807, 2.05) is 0 Å². The van der Waals surface area contributed by atoms with Crippen molar-refractivity contribution >= 4 is 18.3 Å². The first-order valence-electron chi connectivity index (χ1n) is 8.73. The molecule has 1 aliphatic carbocycles. The van der Waals surface area contributed by atoms with Crippen LogP contribution in [-0.2, 0) is 17.6 Å². The molecule has 0 bridgehead atoms. The van der Waals surface area contributed by atoms with E-state index < -0.39 is 0 Å². The average molecular weight is 337 g/mol. The van der Waals surface area contributed by atoms with E-state index in [-0.39, 0.29) is 18.4 Å². The number of benzene rings is 1. The molecule has 0 spiro atoms. The lowest BCUT2D eigenvalue weighted by atomic mass is 9.82. The maximum atomic E-state index is 12.6. The van der Waals surface area contributed by atoms with E-state index in [9.17, 15) is 4.79 Å². The van der Waals surface area contributed by atoms with Crippen LogP contribution >= 0.6 is 12.4 Å². The quantitative estimate of drug-likeness (QED) is 0.921. The summed E-state index contributed by atoms with van der Waals surface area (Å²) < 4.78 is 0. The Bertz CT molecular complexity index is 532. The number of hydrogen-bond donors (Lipinski definition) is 1. The third-order valence-electron chi connectivity index (χ3n) is 5.47. The Morgan fingerprint density at radius 3 is 2.78 bits per heavy atom. The van der Waals surface area contributed by atoms with Gasteiger partial charge in [0.1, 0.15) is 0 Å². The summed E-state index contributed by atoms with van der Waals surface area (Å²) in [5, 5.41) is 0. The number of rotatable bonds is 3. The maximum absolute atomic E-state index is 12.6. The van der Waals surface area contributed by atoms with Crippen LogP contribution in [0.4, 0.5) is 0 Å². The molecule has 0 radical (unpaired) electrons. The van der Waals surface area contributed by atoms with Crippen LogP contribution in [0.2, 0.25) is 0 Å². The fourth-order valence-electron chi connectivity index (χ4n) is 3.99. The molecule has 1 aliphatic heterocycles. The fraction of sp³-hybridized carbons (Fsp3) is 0.632. The maximum Gasteiger partial charge on any atom is 0.222 e. The van der Waals surface area contributed by atoms with Crippen molar-refractivity contribution in [1.29, 1.82) is 0 Å². The van der Waals surface area contributed by atoms with Gasteiger partial charge in [0.15, 0.2) is 0 Å². The highest BCUT2D eigenvalue weighted by atomic mass is 35.5. The lowest BCUT2D eigenvalue weighted by Crippen LogP contribution is -2.45. The fourth-order valence-corrected chi connectivity index (χ4v) is 3.99. The van der Waals surface area contributed by atoms with Crippen molar-refractivity contribution in [1.82, 2.24) is 4.90 Å². The van der Waals surface area contributed by atoms with Crippen LogP contribution in [-0.4, -0.2) is 29.9 Å². The van der Waals surface area contributed by atoms with E-state index in [4.69, 9.17) is 5.73 Å². The van der Waals surface area contributed by atoms with Gasteiger partial charge in [0, 0.05) is 25.6 Å². The van der Waals surface area contributed by atoms with Gasteiger partial charge in [-0.05, 0) is 62.0 Å². The first-order chi connectivity index (χ1) is 10.6. The Balaban J connectivity index is 0.00000192. The first kappa shape index (κ1) is 18.3. The number of likely N-dealkylation sites (tertiary alicyclic amines) is 1. The summed E-state index contributed by atoms with van der Waals surface area (Å²) in [6, 6.07) is 8.87. The molecule has 3 nitrogen and oxygen atoms in total. The SMILES string of the molecule is CC(N)C1CCCN(C(=O)CC2CCc3ccccc3C2)C1.Cl. The summed E-state index contributed by atoms with van der Waals surface area (Å²) in [6.45, 7) is 3.85. The second-order valence-corrected chi connectivity index (χ2v) is 7.18. The van der Waals surface area contributed by atoms with Gasteiger partial charge >= 0.3 is 0 Å². The minimum Gasteiger partial charge on any atom is -0.342 e. The highest BCUT2D eigenvalue weighted by Crippen LogP contribution is 2.28. The predicted octanol–water partition coefficient (Wildman–Crippen LogP) is 3.19. The Morgan fingerprint density at radius 2 is 2.04 bits per heavy atom. The van der Waals surface area contributed by atoms with Crippen molar-refractivity contribution in [2.75, 3.05) is 13.1 Å². The third kappa shape index (κ3) is 4.48. The van der Waals surface area contributed by atoms with Gasteiger partial charge in [0.25, 0.3) is 0 Å². The molecule has 128 valence electrons. The topological polar surface area (TPSA) is 46.3 Å². The van der Waals surface area contributed by atoms with Crippen molar-refractivity contribution in [2.45, 2.75) is 51.5 Å². The zero-order valence-electron chi connectivity index (χ0n) is 14.0. The molecule has 3 rings (SSSR count). The summed E-state index contributed by atoms with van der Waals surface area (Å²) in [5.41, 5.74) is 8.95. The van der Waals surface area contributed by atoms with E-state index in [0.29, 0.717) is 24.2 Å². The predicted molar refractivity (Wildman–Crippen MR) is 96.8 cm³/mol. The lowest BCUT2D eigenvalue weighted by molar-refractivity contribution is -0.134. The molecule has 1 saturated heterocycles. The molecule has 0 aromatic heterocycles. The van der Waals surface area contributed by atoms with E-state index >= 15 is 0 Å². The Labute approximate surface area is 146 Å². The van der Waals surface area contributed by atoms with Crippen molar-refractivity contribution in [3.63, 3.8) is 0 Å². The number of piperidine rings is 1. The molecule has 1 aromatic rings. The van der Waals surface area contributed by atoms with E-state index in [0.717, 1.165) is 45.2 Å². The van der Waals surface area contributed by atoms with E-state index in [2.05, 4.69) is 36.1 Å². The van der Waals surface area contributed by atoms with Gasteiger partial charge in [0.2, 0.25) is 5.91 Å². The highest BCUT2D eigenvalue weighted by molar-refractivity contribution is 5.85. The summed E-state index contributed by atoms with van der Waals surface area (Å²) >= 11 is 0. The zero-order chi connectivity index (χ0) is 15.5. The molecule has 2 N–H and O–H groups in total. The average Bonchev–Trinajstić information content (AvgIpc) is 2.55. The normalized spacial score (nSPS) is 25.2.